The lowest BCUT2D eigenvalue weighted by Crippen LogP contribution is -2.10. The summed E-state index contributed by atoms with van der Waals surface area (Å²) in [5.41, 5.74) is 7.66. The number of anilines is 2. The van der Waals surface area contributed by atoms with Gasteiger partial charge in [-0.3, -0.25) is 4.98 Å². The Hall–Kier alpha value is -2.66. The van der Waals surface area contributed by atoms with Crippen molar-refractivity contribution in [3.63, 3.8) is 0 Å². The van der Waals surface area contributed by atoms with E-state index in [2.05, 4.69) is 15.3 Å². The Morgan fingerprint density at radius 1 is 1.12 bits per heavy atom. The van der Waals surface area contributed by atoms with Crippen molar-refractivity contribution in [2.75, 3.05) is 11.1 Å². The van der Waals surface area contributed by atoms with Crippen LogP contribution < -0.4 is 11.1 Å². The van der Waals surface area contributed by atoms with E-state index < -0.39 is 5.82 Å². The van der Waals surface area contributed by atoms with Crippen LogP contribution in [0.15, 0.2) is 54.9 Å². The van der Waals surface area contributed by atoms with Gasteiger partial charge in [0.05, 0.1) is 6.04 Å². The first kappa shape index (κ1) is 16.2. The lowest BCUT2D eigenvalue weighted by molar-refractivity contribution is 0.631. The highest BCUT2D eigenvalue weighted by atomic mass is 35.5. The maximum absolute atomic E-state index is 14.2. The lowest BCUT2D eigenvalue weighted by Gasteiger charge is -2.18. The quantitative estimate of drug-likeness (QED) is 0.675. The van der Waals surface area contributed by atoms with E-state index in [0.29, 0.717) is 27.8 Å². The van der Waals surface area contributed by atoms with Crippen LogP contribution in [0, 0.1) is 5.82 Å². The lowest BCUT2D eigenvalue weighted by atomic mass is 10.1. The van der Waals surface area contributed by atoms with Gasteiger partial charge in [0, 0.05) is 28.7 Å². The first-order chi connectivity index (χ1) is 11.6. The van der Waals surface area contributed by atoms with Gasteiger partial charge in [0.25, 0.3) is 0 Å². The normalized spacial score (nSPS) is 12.0. The number of hydrogen-bond acceptors (Lipinski definition) is 4. The minimum atomic E-state index is -0.441. The van der Waals surface area contributed by atoms with Crippen LogP contribution in [0.3, 0.4) is 0 Å². The number of rotatable bonds is 4. The van der Waals surface area contributed by atoms with Crippen molar-refractivity contribution in [1.82, 2.24) is 9.97 Å². The number of nitrogen functional groups attached to an aromatic ring is 1. The van der Waals surface area contributed by atoms with E-state index in [1.165, 1.54) is 12.3 Å². The highest BCUT2D eigenvalue weighted by Gasteiger charge is 2.16. The Morgan fingerprint density at radius 3 is 2.62 bits per heavy atom. The third-order valence-electron chi connectivity index (χ3n) is 3.67. The number of hydrogen-bond donors (Lipinski definition) is 2. The molecule has 4 nitrogen and oxygen atoms in total. The van der Waals surface area contributed by atoms with Crippen molar-refractivity contribution in [3.05, 3.63) is 71.3 Å². The number of halogens is 2. The molecule has 0 radical (unpaired) electrons. The van der Waals surface area contributed by atoms with E-state index in [0.717, 1.165) is 5.56 Å². The number of nitrogens with zero attached hydrogens (tertiary/aromatic N) is 2. The van der Waals surface area contributed by atoms with Crippen LogP contribution in [0.1, 0.15) is 18.5 Å². The fraction of sp³-hybridized carbons (Fsp3) is 0.111. The fourth-order valence-corrected chi connectivity index (χ4v) is 2.77. The predicted molar refractivity (Wildman–Crippen MR) is 95.3 cm³/mol. The first-order valence-electron chi connectivity index (χ1n) is 7.43. The van der Waals surface area contributed by atoms with E-state index in [1.54, 1.807) is 18.3 Å². The largest absolute Gasteiger partial charge is 0.399 e. The van der Waals surface area contributed by atoms with Gasteiger partial charge in [-0.25, -0.2) is 9.37 Å². The second-order valence-electron chi connectivity index (χ2n) is 5.38. The predicted octanol–water partition coefficient (Wildman–Crippen LogP) is 4.69. The Kier molecular flexibility index (Phi) is 4.62. The third-order valence-corrected chi connectivity index (χ3v) is 4.02. The third kappa shape index (κ3) is 3.31. The minimum Gasteiger partial charge on any atom is -0.399 e. The van der Waals surface area contributed by atoms with Crippen LogP contribution >= 0.6 is 11.6 Å². The fourth-order valence-electron chi connectivity index (χ4n) is 2.47. The monoisotopic (exact) mass is 342 g/mol. The van der Waals surface area contributed by atoms with Gasteiger partial charge in [0.1, 0.15) is 11.5 Å². The molecule has 1 unspecified atom stereocenters. The average molecular weight is 343 g/mol. The zero-order chi connectivity index (χ0) is 17.1. The van der Waals surface area contributed by atoms with Crippen molar-refractivity contribution in [1.29, 1.82) is 0 Å². The van der Waals surface area contributed by atoms with E-state index in [1.807, 2.05) is 31.2 Å². The summed E-state index contributed by atoms with van der Waals surface area (Å²) in [5.74, 6) is 0.0394. The van der Waals surface area contributed by atoms with E-state index in [4.69, 9.17) is 17.3 Å². The Morgan fingerprint density at radius 2 is 1.88 bits per heavy atom. The van der Waals surface area contributed by atoms with Crippen LogP contribution in [-0.4, -0.2) is 9.97 Å². The van der Waals surface area contributed by atoms with Gasteiger partial charge in [-0.15, -0.1) is 0 Å². The van der Waals surface area contributed by atoms with Crippen LogP contribution in [0.25, 0.3) is 11.3 Å². The highest BCUT2D eigenvalue weighted by Crippen LogP contribution is 2.31. The molecule has 0 aliphatic rings. The standard InChI is InChI=1S/C18H16ClFN4/c1-11(13-4-2-3-5-15(13)19)24-18-17(22-8-9-23-18)14-7-6-12(21)10-16(14)20/h2-11H,21H2,1H3,(H,23,24). The number of benzene rings is 2. The maximum atomic E-state index is 14.2. The van der Waals surface area contributed by atoms with E-state index in [9.17, 15) is 4.39 Å². The van der Waals surface area contributed by atoms with Crippen molar-refractivity contribution < 1.29 is 4.39 Å². The second kappa shape index (κ2) is 6.84. The smallest absolute Gasteiger partial charge is 0.153 e. The van der Waals surface area contributed by atoms with Gasteiger partial charge in [-0.1, -0.05) is 29.8 Å². The molecule has 0 aliphatic heterocycles. The minimum absolute atomic E-state index is 0.119. The van der Waals surface area contributed by atoms with Crippen LogP contribution in [-0.2, 0) is 0 Å². The molecule has 3 aromatic rings. The molecule has 24 heavy (non-hydrogen) atoms. The highest BCUT2D eigenvalue weighted by molar-refractivity contribution is 6.31. The molecule has 1 atom stereocenters. The maximum Gasteiger partial charge on any atom is 0.153 e. The van der Waals surface area contributed by atoms with Gasteiger partial charge < -0.3 is 11.1 Å². The molecule has 0 spiro atoms. The van der Waals surface area contributed by atoms with Crippen molar-refractivity contribution >= 4 is 23.1 Å². The van der Waals surface area contributed by atoms with E-state index in [-0.39, 0.29) is 6.04 Å². The van der Waals surface area contributed by atoms with Crippen LogP contribution in [0.2, 0.25) is 5.02 Å². The molecule has 6 heteroatoms. The van der Waals surface area contributed by atoms with Gasteiger partial charge in [0.15, 0.2) is 5.82 Å². The molecule has 0 saturated heterocycles. The Balaban J connectivity index is 1.97. The second-order valence-corrected chi connectivity index (χ2v) is 5.79. The molecule has 0 amide bonds. The van der Waals surface area contributed by atoms with Gasteiger partial charge in [-0.05, 0) is 36.8 Å². The zero-order valence-electron chi connectivity index (χ0n) is 13.0. The average Bonchev–Trinajstić information content (AvgIpc) is 2.56. The van der Waals surface area contributed by atoms with Crippen LogP contribution in [0.5, 0.6) is 0 Å². The molecule has 0 bridgehead atoms. The summed E-state index contributed by atoms with van der Waals surface area (Å²) in [6.07, 6.45) is 3.08. The molecule has 1 aromatic heterocycles. The zero-order valence-corrected chi connectivity index (χ0v) is 13.8. The van der Waals surface area contributed by atoms with Crippen LogP contribution in [0.4, 0.5) is 15.9 Å². The van der Waals surface area contributed by atoms with Crippen molar-refractivity contribution in [3.8, 4) is 11.3 Å². The summed E-state index contributed by atoms with van der Waals surface area (Å²) < 4.78 is 14.2. The molecule has 1 heterocycles. The van der Waals surface area contributed by atoms with Crippen molar-refractivity contribution in [2.24, 2.45) is 0 Å². The number of nitrogens with one attached hydrogen (secondary N) is 1. The van der Waals surface area contributed by atoms with Gasteiger partial charge in [0.2, 0.25) is 0 Å². The molecule has 0 aliphatic carbocycles. The Bertz CT molecular complexity index is 869. The molecule has 0 fully saturated rings. The first-order valence-corrected chi connectivity index (χ1v) is 7.81. The molecule has 3 N–H and O–H groups in total. The SMILES string of the molecule is CC(Nc1nccnc1-c1ccc(N)cc1F)c1ccccc1Cl. The molecule has 3 rings (SSSR count). The molecule has 2 aromatic carbocycles. The molecular formula is C18H16ClFN4. The summed E-state index contributed by atoms with van der Waals surface area (Å²) in [4.78, 5) is 8.57. The Labute approximate surface area is 144 Å². The van der Waals surface area contributed by atoms with Crippen molar-refractivity contribution in [2.45, 2.75) is 13.0 Å². The number of nitrogens with two attached hydrogens (primary N) is 1. The summed E-state index contributed by atoms with van der Waals surface area (Å²) >= 11 is 6.23. The summed E-state index contributed by atoms with van der Waals surface area (Å²) in [7, 11) is 0. The molecular weight excluding hydrogens is 327 g/mol. The molecule has 122 valence electrons. The molecule has 0 saturated carbocycles. The summed E-state index contributed by atoms with van der Waals surface area (Å²) in [5, 5.41) is 3.91. The summed E-state index contributed by atoms with van der Waals surface area (Å²) in [6.45, 7) is 1.96. The van der Waals surface area contributed by atoms with Gasteiger partial charge >= 0.3 is 0 Å². The van der Waals surface area contributed by atoms with Gasteiger partial charge in [-0.2, -0.15) is 0 Å². The topological polar surface area (TPSA) is 63.8 Å². The number of aromatic nitrogens is 2. The summed E-state index contributed by atoms with van der Waals surface area (Å²) in [6, 6.07) is 11.9. The van der Waals surface area contributed by atoms with E-state index >= 15 is 0 Å².